The van der Waals surface area contributed by atoms with Crippen LogP contribution in [0.5, 0.6) is 0 Å². The maximum atomic E-state index is 10.0. The van der Waals surface area contributed by atoms with Crippen molar-refractivity contribution in [1.29, 1.82) is 0 Å². The molecule has 1 fully saturated rings. The van der Waals surface area contributed by atoms with E-state index in [-0.39, 0.29) is 6.10 Å². The predicted octanol–water partition coefficient (Wildman–Crippen LogP) is 1.88. The molecule has 0 aromatic carbocycles. The molecule has 1 aliphatic carbocycles. The van der Waals surface area contributed by atoms with E-state index in [1.165, 1.54) is 0 Å². The Labute approximate surface area is 106 Å². The van der Waals surface area contributed by atoms with E-state index in [0.717, 1.165) is 38.3 Å². The van der Waals surface area contributed by atoms with E-state index in [1.54, 1.807) is 0 Å². The molecule has 17 heavy (non-hydrogen) atoms. The van der Waals surface area contributed by atoms with E-state index in [9.17, 15) is 10.2 Å². The Morgan fingerprint density at radius 2 is 1.94 bits per heavy atom. The van der Waals surface area contributed by atoms with Crippen molar-refractivity contribution in [2.24, 2.45) is 11.8 Å². The Balaban J connectivity index is 2.48. The first kappa shape index (κ1) is 14.9. The van der Waals surface area contributed by atoms with Gasteiger partial charge in [-0.2, -0.15) is 0 Å². The molecule has 0 spiro atoms. The molecule has 2 N–H and O–H groups in total. The second kappa shape index (κ2) is 6.17. The minimum atomic E-state index is -0.652. The average molecular weight is 243 g/mol. The van der Waals surface area contributed by atoms with Gasteiger partial charge in [0.15, 0.2) is 0 Å². The highest BCUT2D eigenvalue weighted by atomic mass is 16.3. The minimum absolute atomic E-state index is 0.151. The summed E-state index contributed by atoms with van der Waals surface area (Å²) in [5, 5.41) is 19.9. The molecule has 0 saturated heterocycles. The summed E-state index contributed by atoms with van der Waals surface area (Å²) in [5.74, 6) is 1.10. The standard InChI is InChI=1S/C14H29NO2/c1-5-15(10-14(3,4)17)9-12-8-11(2)6-7-13(12)16/h11-13,16-17H,5-10H2,1-4H3. The number of hydrogen-bond acceptors (Lipinski definition) is 3. The molecule has 1 rings (SSSR count). The van der Waals surface area contributed by atoms with E-state index in [1.807, 2.05) is 13.8 Å². The number of likely N-dealkylation sites (N-methyl/N-ethyl adjacent to an activating group) is 1. The van der Waals surface area contributed by atoms with Crippen molar-refractivity contribution in [3.63, 3.8) is 0 Å². The van der Waals surface area contributed by atoms with Crippen LogP contribution in [-0.2, 0) is 0 Å². The van der Waals surface area contributed by atoms with Gasteiger partial charge < -0.3 is 15.1 Å². The van der Waals surface area contributed by atoms with Crippen molar-refractivity contribution in [3.05, 3.63) is 0 Å². The first-order chi connectivity index (χ1) is 7.81. The van der Waals surface area contributed by atoms with Gasteiger partial charge in [-0.15, -0.1) is 0 Å². The molecule has 1 saturated carbocycles. The summed E-state index contributed by atoms with van der Waals surface area (Å²) in [6, 6.07) is 0. The lowest BCUT2D eigenvalue weighted by molar-refractivity contribution is 0.000289. The Hall–Kier alpha value is -0.120. The van der Waals surface area contributed by atoms with Crippen LogP contribution in [-0.4, -0.2) is 46.5 Å². The van der Waals surface area contributed by atoms with Gasteiger partial charge in [0.1, 0.15) is 0 Å². The monoisotopic (exact) mass is 243 g/mol. The SMILES string of the molecule is CCN(CC1CC(C)CCC1O)CC(C)(C)O. The topological polar surface area (TPSA) is 43.7 Å². The average Bonchev–Trinajstić information content (AvgIpc) is 2.20. The van der Waals surface area contributed by atoms with Gasteiger partial charge >= 0.3 is 0 Å². The Kier molecular flexibility index (Phi) is 5.42. The normalized spacial score (nSPS) is 30.9. The Bertz CT molecular complexity index is 225. The van der Waals surface area contributed by atoms with Crippen LogP contribution in [0.1, 0.15) is 47.0 Å². The van der Waals surface area contributed by atoms with Crippen LogP contribution in [0.4, 0.5) is 0 Å². The van der Waals surface area contributed by atoms with Gasteiger partial charge in [-0.1, -0.05) is 13.8 Å². The van der Waals surface area contributed by atoms with Crippen LogP contribution in [0.15, 0.2) is 0 Å². The molecule has 0 amide bonds. The third kappa shape index (κ3) is 5.36. The van der Waals surface area contributed by atoms with Crippen LogP contribution in [0.2, 0.25) is 0 Å². The van der Waals surface area contributed by atoms with Crippen molar-refractivity contribution in [2.45, 2.75) is 58.7 Å². The zero-order chi connectivity index (χ0) is 13.1. The largest absolute Gasteiger partial charge is 0.393 e. The third-order valence-electron chi connectivity index (χ3n) is 3.75. The molecule has 102 valence electrons. The molecular weight excluding hydrogens is 214 g/mol. The third-order valence-corrected chi connectivity index (χ3v) is 3.75. The van der Waals surface area contributed by atoms with Gasteiger partial charge in [-0.25, -0.2) is 0 Å². The lowest BCUT2D eigenvalue weighted by Gasteiger charge is -2.37. The van der Waals surface area contributed by atoms with E-state index in [0.29, 0.717) is 12.5 Å². The number of aliphatic hydroxyl groups is 2. The zero-order valence-corrected chi connectivity index (χ0v) is 11.8. The minimum Gasteiger partial charge on any atom is -0.393 e. The van der Waals surface area contributed by atoms with Crippen molar-refractivity contribution in [2.75, 3.05) is 19.6 Å². The zero-order valence-electron chi connectivity index (χ0n) is 11.8. The summed E-state index contributed by atoms with van der Waals surface area (Å²) in [6.45, 7) is 10.6. The molecule has 0 bridgehead atoms. The van der Waals surface area contributed by atoms with Crippen molar-refractivity contribution >= 4 is 0 Å². The second-order valence-corrected chi connectivity index (χ2v) is 6.39. The van der Waals surface area contributed by atoms with Gasteiger partial charge in [0.25, 0.3) is 0 Å². The van der Waals surface area contributed by atoms with Gasteiger partial charge in [0.05, 0.1) is 11.7 Å². The summed E-state index contributed by atoms with van der Waals surface area (Å²) in [6.07, 6.45) is 3.05. The van der Waals surface area contributed by atoms with Gasteiger partial charge in [0.2, 0.25) is 0 Å². The second-order valence-electron chi connectivity index (χ2n) is 6.39. The number of nitrogens with zero attached hydrogens (tertiary/aromatic N) is 1. The van der Waals surface area contributed by atoms with E-state index in [4.69, 9.17) is 0 Å². The van der Waals surface area contributed by atoms with Gasteiger partial charge in [0, 0.05) is 13.1 Å². The fourth-order valence-electron chi connectivity index (χ4n) is 2.86. The molecule has 3 atom stereocenters. The summed E-state index contributed by atoms with van der Waals surface area (Å²) in [7, 11) is 0. The van der Waals surface area contributed by atoms with E-state index >= 15 is 0 Å². The highest BCUT2D eigenvalue weighted by Gasteiger charge is 2.29. The molecule has 0 radical (unpaired) electrons. The maximum absolute atomic E-state index is 10.0. The number of hydrogen-bond donors (Lipinski definition) is 2. The molecule has 3 unspecified atom stereocenters. The Morgan fingerprint density at radius 1 is 1.29 bits per heavy atom. The Morgan fingerprint density at radius 3 is 2.47 bits per heavy atom. The fraction of sp³-hybridized carbons (Fsp3) is 1.00. The van der Waals surface area contributed by atoms with Crippen molar-refractivity contribution < 1.29 is 10.2 Å². The van der Waals surface area contributed by atoms with Crippen LogP contribution in [0.3, 0.4) is 0 Å². The van der Waals surface area contributed by atoms with Crippen LogP contribution < -0.4 is 0 Å². The quantitative estimate of drug-likeness (QED) is 0.775. The molecule has 0 aromatic heterocycles. The summed E-state index contributed by atoms with van der Waals surface area (Å²) in [5.41, 5.74) is -0.652. The van der Waals surface area contributed by atoms with Crippen LogP contribution in [0.25, 0.3) is 0 Å². The highest BCUT2D eigenvalue weighted by Crippen LogP contribution is 2.29. The maximum Gasteiger partial charge on any atom is 0.0718 e. The molecule has 0 heterocycles. The summed E-state index contributed by atoms with van der Waals surface area (Å²) < 4.78 is 0. The first-order valence-electron chi connectivity index (χ1n) is 6.94. The van der Waals surface area contributed by atoms with Crippen LogP contribution >= 0.6 is 0 Å². The fourth-order valence-corrected chi connectivity index (χ4v) is 2.86. The molecule has 0 aliphatic heterocycles. The van der Waals surface area contributed by atoms with Crippen LogP contribution in [0, 0.1) is 11.8 Å². The lowest BCUT2D eigenvalue weighted by atomic mass is 9.80. The van der Waals surface area contributed by atoms with E-state index < -0.39 is 5.60 Å². The molecule has 1 aliphatic rings. The number of aliphatic hydroxyl groups excluding tert-OH is 1. The first-order valence-corrected chi connectivity index (χ1v) is 6.94. The lowest BCUT2D eigenvalue weighted by Crippen LogP contribution is -2.44. The molecule has 3 heteroatoms. The van der Waals surface area contributed by atoms with E-state index in [2.05, 4.69) is 18.7 Å². The van der Waals surface area contributed by atoms with Crippen molar-refractivity contribution in [1.82, 2.24) is 4.90 Å². The highest BCUT2D eigenvalue weighted by molar-refractivity contribution is 4.82. The van der Waals surface area contributed by atoms with Crippen molar-refractivity contribution in [3.8, 4) is 0 Å². The van der Waals surface area contributed by atoms with Gasteiger partial charge in [-0.05, 0) is 51.5 Å². The molecule has 3 nitrogen and oxygen atoms in total. The predicted molar refractivity (Wildman–Crippen MR) is 70.9 cm³/mol. The summed E-state index contributed by atoms with van der Waals surface area (Å²) >= 11 is 0. The molecular formula is C14H29NO2. The number of rotatable bonds is 5. The smallest absolute Gasteiger partial charge is 0.0718 e. The molecule has 0 aromatic rings. The summed E-state index contributed by atoms with van der Waals surface area (Å²) in [4.78, 5) is 2.26. The van der Waals surface area contributed by atoms with Gasteiger partial charge in [-0.3, -0.25) is 0 Å².